The van der Waals surface area contributed by atoms with E-state index in [4.69, 9.17) is 9.69 Å². The molecule has 3 rings (SSSR count). The van der Waals surface area contributed by atoms with Crippen molar-refractivity contribution in [2.75, 3.05) is 0 Å². The molecule has 0 heterocycles. The molecule has 0 bridgehead atoms. The predicted octanol–water partition coefficient (Wildman–Crippen LogP) is 4.75. The summed E-state index contributed by atoms with van der Waals surface area (Å²) >= 11 is 0. The third kappa shape index (κ3) is 4.22. The van der Waals surface area contributed by atoms with E-state index in [1.165, 1.54) is 0 Å². The van der Waals surface area contributed by atoms with Gasteiger partial charge in [-0.1, -0.05) is 66.7 Å². The maximum absolute atomic E-state index is 8.86. The number of benzene rings is 3. The highest BCUT2D eigenvalue weighted by atomic mass is 28.2. The van der Waals surface area contributed by atoms with Crippen LogP contribution in [0.1, 0.15) is 16.7 Å². The number of nitrogens with zero attached hydrogens (tertiary/aromatic N) is 1. The fourth-order valence-corrected chi connectivity index (χ4v) is 3.09. The molecule has 0 atom stereocenters. The van der Waals surface area contributed by atoms with Crippen molar-refractivity contribution in [1.82, 2.24) is 0 Å². The fraction of sp³-hybridized carbons (Fsp3) is 0. The topological polar surface area (TPSA) is 33.0 Å². The van der Waals surface area contributed by atoms with Crippen molar-refractivity contribution in [3.05, 3.63) is 102 Å². The summed E-state index contributed by atoms with van der Waals surface area (Å²) in [7, 11) is 0.179. The Morgan fingerprint density at radius 3 is 2.08 bits per heavy atom. The first-order chi connectivity index (χ1) is 11.8. The van der Waals surface area contributed by atoms with E-state index in [1.807, 2.05) is 48.5 Å². The van der Waals surface area contributed by atoms with Crippen molar-refractivity contribution in [2.24, 2.45) is 0 Å². The maximum Gasteiger partial charge on any atom is 0.351 e. The Balaban J connectivity index is 1.82. The molecule has 3 aromatic carbocycles. The van der Waals surface area contributed by atoms with E-state index >= 15 is 0 Å². The molecule has 0 N–H and O–H groups in total. The number of nitriles is 1. The highest BCUT2D eigenvalue weighted by molar-refractivity contribution is 6.58. The van der Waals surface area contributed by atoms with Crippen LogP contribution in [0.25, 0.3) is 11.3 Å². The predicted molar refractivity (Wildman–Crippen MR) is 98.3 cm³/mol. The summed E-state index contributed by atoms with van der Waals surface area (Å²) in [5.41, 5.74) is 2.93. The minimum absolute atomic E-state index is 0.179. The zero-order valence-electron chi connectivity index (χ0n) is 13.0. The van der Waals surface area contributed by atoms with Crippen molar-refractivity contribution in [2.45, 2.75) is 0 Å². The molecule has 0 fully saturated rings. The fourth-order valence-electron chi connectivity index (χ4n) is 2.22. The van der Waals surface area contributed by atoms with Crippen molar-refractivity contribution in [1.29, 1.82) is 5.26 Å². The van der Waals surface area contributed by atoms with Gasteiger partial charge in [0.1, 0.15) is 5.75 Å². The Hall–Kier alpha value is -3.09. The van der Waals surface area contributed by atoms with Gasteiger partial charge in [0.2, 0.25) is 0 Å². The van der Waals surface area contributed by atoms with Gasteiger partial charge in [-0.05, 0) is 40.6 Å². The Morgan fingerprint density at radius 1 is 0.833 bits per heavy atom. The second-order valence-electron chi connectivity index (χ2n) is 5.18. The van der Waals surface area contributed by atoms with Crippen LogP contribution in [-0.4, -0.2) is 9.76 Å². The molecular weight excluding hydrogens is 310 g/mol. The van der Waals surface area contributed by atoms with E-state index in [-0.39, 0.29) is 9.76 Å². The highest BCUT2D eigenvalue weighted by Crippen LogP contribution is 2.19. The minimum atomic E-state index is 0.179. The number of hydrogen-bond donors (Lipinski definition) is 0. The maximum atomic E-state index is 8.86. The lowest BCUT2D eigenvalue weighted by Crippen LogP contribution is -2.05. The SMILES string of the molecule is N#Cc1ccc(O[Si]/C(=C\c2ccccc2)c2ccccc2)cc1. The summed E-state index contributed by atoms with van der Waals surface area (Å²) in [6.45, 7) is 0. The normalized spacial score (nSPS) is 10.9. The largest absolute Gasteiger partial charge is 0.536 e. The van der Waals surface area contributed by atoms with Crippen molar-refractivity contribution in [3.63, 3.8) is 0 Å². The number of hydrogen-bond acceptors (Lipinski definition) is 2. The molecule has 3 aromatic rings. The summed E-state index contributed by atoms with van der Waals surface area (Å²) in [5, 5.41) is 9.99. The Bertz CT molecular complexity index is 850. The summed E-state index contributed by atoms with van der Waals surface area (Å²) in [6.07, 6.45) is 2.15. The number of rotatable bonds is 5. The van der Waals surface area contributed by atoms with Crippen LogP contribution in [0.15, 0.2) is 84.9 Å². The van der Waals surface area contributed by atoms with Crippen LogP contribution in [0.3, 0.4) is 0 Å². The van der Waals surface area contributed by atoms with E-state index in [9.17, 15) is 0 Å². The van der Waals surface area contributed by atoms with Gasteiger partial charge in [-0.3, -0.25) is 0 Å². The van der Waals surface area contributed by atoms with Crippen LogP contribution >= 0.6 is 0 Å². The third-order valence-corrected chi connectivity index (χ3v) is 4.45. The van der Waals surface area contributed by atoms with Crippen molar-refractivity contribution in [3.8, 4) is 11.8 Å². The van der Waals surface area contributed by atoms with Gasteiger partial charge in [0.15, 0.2) is 0 Å². The molecule has 0 saturated carbocycles. The average molecular weight is 325 g/mol. The van der Waals surface area contributed by atoms with Crippen LogP contribution < -0.4 is 4.43 Å². The summed E-state index contributed by atoms with van der Waals surface area (Å²) in [6, 6.07) is 29.8. The second-order valence-corrected chi connectivity index (χ2v) is 6.12. The van der Waals surface area contributed by atoms with Gasteiger partial charge in [-0.15, -0.1) is 0 Å². The third-order valence-electron chi connectivity index (χ3n) is 3.46. The smallest absolute Gasteiger partial charge is 0.351 e. The lowest BCUT2D eigenvalue weighted by Gasteiger charge is -2.09. The molecule has 0 aliphatic heterocycles. The van der Waals surface area contributed by atoms with Crippen LogP contribution in [0.2, 0.25) is 0 Å². The van der Waals surface area contributed by atoms with Gasteiger partial charge in [-0.25, -0.2) is 0 Å². The van der Waals surface area contributed by atoms with E-state index in [1.54, 1.807) is 12.1 Å². The second kappa shape index (κ2) is 7.96. The van der Waals surface area contributed by atoms with Crippen molar-refractivity contribution < 1.29 is 4.43 Å². The molecule has 0 amide bonds. The lowest BCUT2D eigenvalue weighted by atomic mass is 10.1. The molecule has 0 unspecified atom stereocenters. The molecule has 2 nitrogen and oxygen atoms in total. The van der Waals surface area contributed by atoms with E-state index in [0.717, 1.165) is 22.1 Å². The van der Waals surface area contributed by atoms with Gasteiger partial charge in [-0.2, -0.15) is 5.26 Å². The molecule has 0 saturated heterocycles. The van der Waals surface area contributed by atoms with Gasteiger partial charge in [0.05, 0.1) is 11.6 Å². The minimum Gasteiger partial charge on any atom is -0.536 e. The zero-order chi connectivity index (χ0) is 16.6. The summed E-state index contributed by atoms with van der Waals surface area (Å²) in [4.78, 5) is 0. The zero-order valence-corrected chi connectivity index (χ0v) is 14.0. The quantitative estimate of drug-likeness (QED) is 0.501. The molecule has 0 spiro atoms. The van der Waals surface area contributed by atoms with Gasteiger partial charge >= 0.3 is 9.76 Å². The Kier molecular flexibility index (Phi) is 5.23. The van der Waals surface area contributed by atoms with E-state index < -0.39 is 0 Å². The molecular formula is C21H15NOSi. The molecule has 24 heavy (non-hydrogen) atoms. The van der Waals surface area contributed by atoms with Crippen LogP contribution in [-0.2, 0) is 0 Å². The first-order valence-electron chi connectivity index (χ1n) is 7.60. The first kappa shape index (κ1) is 15.8. The summed E-state index contributed by atoms with van der Waals surface area (Å²) < 4.78 is 5.94. The van der Waals surface area contributed by atoms with Crippen LogP contribution in [0.4, 0.5) is 0 Å². The first-order valence-corrected chi connectivity index (χ1v) is 8.51. The van der Waals surface area contributed by atoms with Crippen LogP contribution in [0, 0.1) is 11.3 Å². The standard InChI is InChI=1S/C21H15NOSi/c22-16-18-11-13-20(14-12-18)23-24-21(19-9-5-2-6-10-19)15-17-7-3-1-4-8-17/h1-15H/b21-15-. The lowest BCUT2D eigenvalue weighted by molar-refractivity contribution is 0.605. The Labute approximate surface area is 144 Å². The van der Waals surface area contributed by atoms with Gasteiger partial charge < -0.3 is 4.43 Å². The van der Waals surface area contributed by atoms with Gasteiger partial charge in [0, 0.05) is 0 Å². The molecule has 3 heteroatoms. The Morgan fingerprint density at radius 2 is 1.46 bits per heavy atom. The molecule has 0 aliphatic carbocycles. The van der Waals surface area contributed by atoms with Gasteiger partial charge in [0.25, 0.3) is 0 Å². The molecule has 114 valence electrons. The average Bonchev–Trinajstić information content (AvgIpc) is 2.67. The summed E-state index contributed by atoms with van der Waals surface area (Å²) in [5.74, 6) is 0.766. The van der Waals surface area contributed by atoms with Crippen LogP contribution in [0.5, 0.6) is 5.75 Å². The monoisotopic (exact) mass is 325 g/mol. The molecule has 0 aliphatic rings. The molecule has 0 aromatic heterocycles. The van der Waals surface area contributed by atoms with Crippen molar-refractivity contribution >= 4 is 21.0 Å². The molecule has 2 radical (unpaired) electrons. The van der Waals surface area contributed by atoms with E-state index in [2.05, 4.69) is 36.4 Å². The van der Waals surface area contributed by atoms with E-state index in [0.29, 0.717) is 5.56 Å². The highest BCUT2D eigenvalue weighted by Gasteiger charge is 2.07.